The molecule has 1 aliphatic heterocycles. The maximum atomic E-state index is 13.4. The molecule has 2 aliphatic rings. The van der Waals surface area contributed by atoms with E-state index in [0.717, 1.165) is 31.2 Å². The molecule has 1 aliphatic carbocycles. The highest BCUT2D eigenvalue weighted by Gasteiger charge is 2.40. The topological polar surface area (TPSA) is 85.3 Å². The number of hydrogen-bond donors (Lipinski definition) is 0. The lowest BCUT2D eigenvalue weighted by molar-refractivity contribution is 0.0610. The Labute approximate surface area is 166 Å². The fourth-order valence-electron chi connectivity index (χ4n) is 4.43. The van der Waals surface area contributed by atoms with Gasteiger partial charge in [-0.1, -0.05) is 18.9 Å². The van der Waals surface area contributed by atoms with Gasteiger partial charge in [0.1, 0.15) is 6.26 Å². The quantitative estimate of drug-likeness (QED) is 0.648. The van der Waals surface area contributed by atoms with Crippen molar-refractivity contribution >= 4 is 5.91 Å². The van der Waals surface area contributed by atoms with Gasteiger partial charge in [-0.25, -0.2) is 9.37 Å². The first kappa shape index (κ1) is 18.0. The van der Waals surface area contributed by atoms with Crippen LogP contribution in [0.3, 0.4) is 0 Å². The van der Waals surface area contributed by atoms with Crippen molar-refractivity contribution in [3.8, 4) is 11.5 Å². The summed E-state index contributed by atoms with van der Waals surface area (Å²) in [7, 11) is 0. The van der Waals surface area contributed by atoms with Crippen molar-refractivity contribution in [3.05, 3.63) is 53.6 Å². The number of halogens is 1. The number of nitrogens with zero attached hydrogens (tertiary/aromatic N) is 4. The fraction of sp³-hybridized carbons (Fsp3) is 0.429. The lowest BCUT2D eigenvalue weighted by Crippen LogP contribution is -2.41. The van der Waals surface area contributed by atoms with Crippen LogP contribution in [-0.4, -0.2) is 32.0 Å². The van der Waals surface area contributed by atoms with E-state index in [1.165, 1.54) is 6.92 Å². The minimum atomic E-state index is -1.33. The average molecular weight is 396 g/mol. The summed E-state index contributed by atoms with van der Waals surface area (Å²) < 4.78 is 24.3. The van der Waals surface area contributed by atoms with Crippen LogP contribution < -0.4 is 0 Å². The van der Waals surface area contributed by atoms with Crippen LogP contribution in [0, 0.1) is 0 Å². The number of fused-ring (bicyclic) bond motifs is 1. The van der Waals surface area contributed by atoms with Crippen LogP contribution in [0.1, 0.15) is 72.4 Å². The number of rotatable bonds is 4. The molecule has 3 heterocycles. The van der Waals surface area contributed by atoms with Gasteiger partial charge in [0.25, 0.3) is 11.8 Å². The molecule has 2 unspecified atom stereocenters. The summed E-state index contributed by atoms with van der Waals surface area (Å²) in [5.74, 6) is 0.959. The third-order valence-corrected chi connectivity index (χ3v) is 5.87. The molecule has 1 aromatic carbocycles. The van der Waals surface area contributed by atoms with Gasteiger partial charge in [-0.05, 0) is 37.5 Å². The molecule has 0 radical (unpaired) electrons. The molecule has 0 bridgehead atoms. The van der Waals surface area contributed by atoms with Gasteiger partial charge < -0.3 is 13.7 Å². The molecular formula is C21H21FN4O3. The molecule has 3 aromatic rings. The SMILES string of the molecule is CC(F)c1nnc(-c2ccc3c(c2)C(=O)N(C2CCCC[C@H]2c2ncco2)C3)o1. The summed E-state index contributed by atoms with van der Waals surface area (Å²) >= 11 is 0. The van der Waals surface area contributed by atoms with Crippen molar-refractivity contribution in [1.29, 1.82) is 0 Å². The molecule has 7 nitrogen and oxygen atoms in total. The molecule has 1 amide bonds. The van der Waals surface area contributed by atoms with E-state index in [1.54, 1.807) is 18.5 Å². The number of carbonyl (C=O) groups excluding carboxylic acids is 1. The average Bonchev–Trinajstić information content (AvgIpc) is 3.48. The summed E-state index contributed by atoms with van der Waals surface area (Å²) in [6.45, 7) is 1.91. The van der Waals surface area contributed by atoms with E-state index < -0.39 is 6.17 Å². The number of alkyl halides is 1. The van der Waals surface area contributed by atoms with Gasteiger partial charge in [0.15, 0.2) is 12.1 Å². The van der Waals surface area contributed by atoms with Crippen LogP contribution in [-0.2, 0) is 6.54 Å². The summed E-state index contributed by atoms with van der Waals surface area (Å²) in [5.41, 5.74) is 2.22. The third-order valence-electron chi connectivity index (χ3n) is 5.87. The van der Waals surface area contributed by atoms with Gasteiger partial charge in [0.2, 0.25) is 5.89 Å². The molecule has 3 atom stereocenters. The Bertz CT molecular complexity index is 1030. The first-order valence-electron chi connectivity index (χ1n) is 9.93. The Hall–Kier alpha value is -3.03. The number of benzene rings is 1. The molecule has 0 N–H and O–H groups in total. The van der Waals surface area contributed by atoms with Gasteiger partial charge in [-0.3, -0.25) is 4.79 Å². The lowest BCUT2D eigenvalue weighted by atomic mass is 9.83. The van der Waals surface area contributed by atoms with Gasteiger partial charge >= 0.3 is 0 Å². The first-order chi connectivity index (χ1) is 14.1. The summed E-state index contributed by atoms with van der Waals surface area (Å²) in [6.07, 6.45) is 6.00. The highest BCUT2D eigenvalue weighted by molar-refractivity contribution is 5.99. The monoisotopic (exact) mass is 396 g/mol. The van der Waals surface area contributed by atoms with Crippen LogP contribution in [0.25, 0.3) is 11.5 Å². The van der Waals surface area contributed by atoms with Crippen LogP contribution >= 0.6 is 0 Å². The molecule has 8 heteroatoms. The summed E-state index contributed by atoms with van der Waals surface area (Å²) in [6, 6.07) is 5.57. The van der Waals surface area contributed by atoms with E-state index in [2.05, 4.69) is 15.2 Å². The van der Waals surface area contributed by atoms with Gasteiger partial charge in [-0.15, -0.1) is 10.2 Å². The van der Waals surface area contributed by atoms with Crippen LogP contribution in [0.2, 0.25) is 0 Å². The Morgan fingerprint density at radius 3 is 2.86 bits per heavy atom. The normalized spacial score (nSPS) is 22.7. The fourth-order valence-corrected chi connectivity index (χ4v) is 4.43. The van der Waals surface area contributed by atoms with Gasteiger partial charge in [0.05, 0.1) is 12.1 Å². The highest BCUT2D eigenvalue weighted by Crippen LogP contribution is 2.39. The highest BCUT2D eigenvalue weighted by atomic mass is 19.1. The van der Waals surface area contributed by atoms with Crippen molar-refractivity contribution in [2.45, 2.75) is 57.3 Å². The van der Waals surface area contributed by atoms with Crippen LogP contribution in [0.15, 0.2) is 39.5 Å². The largest absolute Gasteiger partial charge is 0.449 e. The van der Waals surface area contributed by atoms with Crippen molar-refractivity contribution in [2.24, 2.45) is 0 Å². The number of oxazole rings is 1. The molecule has 0 saturated heterocycles. The zero-order valence-corrected chi connectivity index (χ0v) is 16.0. The van der Waals surface area contributed by atoms with Gasteiger partial charge in [-0.2, -0.15) is 0 Å². The predicted octanol–water partition coefficient (Wildman–Crippen LogP) is 4.44. The standard InChI is InChI=1S/C21H21FN4O3/c1-12(22)18-24-25-19(29-18)13-6-7-14-11-26(21(27)16(14)10-13)17-5-3-2-4-15(17)20-23-8-9-28-20/h6-10,12,15,17H,2-5,11H2,1H3/t12?,15-,17?/m1/s1. The smallest absolute Gasteiger partial charge is 0.254 e. The number of carbonyl (C=O) groups is 1. The first-order valence-corrected chi connectivity index (χ1v) is 9.93. The summed E-state index contributed by atoms with van der Waals surface area (Å²) in [4.78, 5) is 19.5. The Balaban J connectivity index is 1.43. The Morgan fingerprint density at radius 2 is 2.10 bits per heavy atom. The van der Waals surface area contributed by atoms with Crippen molar-refractivity contribution in [1.82, 2.24) is 20.1 Å². The van der Waals surface area contributed by atoms with Crippen LogP contribution in [0.4, 0.5) is 4.39 Å². The zero-order valence-electron chi connectivity index (χ0n) is 16.0. The van der Waals surface area contributed by atoms with E-state index in [9.17, 15) is 9.18 Å². The molecule has 1 fully saturated rings. The Kier molecular flexibility index (Phi) is 4.41. The number of aromatic nitrogens is 3. The minimum absolute atomic E-state index is 0.0103. The molecule has 29 heavy (non-hydrogen) atoms. The van der Waals surface area contributed by atoms with Crippen molar-refractivity contribution in [2.75, 3.05) is 0 Å². The molecule has 2 aromatic heterocycles. The number of amides is 1. The zero-order chi connectivity index (χ0) is 20.0. The van der Waals surface area contributed by atoms with Gasteiger partial charge in [0, 0.05) is 23.7 Å². The number of hydrogen-bond acceptors (Lipinski definition) is 6. The summed E-state index contributed by atoms with van der Waals surface area (Å²) in [5, 5.41) is 7.64. The van der Waals surface area contributed by atoms with Crippen LogP contribution in [0.5, 0.6) is 0 Å². The molecular weight excluding hydrogens is 375 g/mol. The second-order valence-corrected chi connectivity index (χ2v) is 7.70. The van der Waals surface area contributed by atoms with Crippen molar-refractivity contribution in [3.63, 3.8) is 0 Å². The van der Waals surface area contributed by atoms with E-state index in [4.69, 9.17) is 8.83 Å². The van der Waals surface area contributed by atoms with E-state index >= 15 is 0 Å². The third kappa shape index (κ3) is 3.12. The maximum absolute atomic E-state index is 13.4. The van der Waals surface area contributed by atoms with E-state index in [1.807, 2.05) is 17.0 Å². The maximum Gasteiger partial charge on any atom is 0.254 e. The van der Waals surface area contributed by atoms with E-state index in [0.29, 0.717) is 23.6 Å². The predicted molar refractivity (Wildman–Crippen MR) is 101 cm³/mol. The molecule has 0 spiro atoms. The van der Waals surface area contributed by atoms with E-state index in [-0.39, 0.29) is 29.6 Å². The molecule has 150 valence electrons. The Morgan fingerprint density at radius 1 is 1.24 bits per heavy atom. The molecule has 1 saturated carbocycles. The minimum Gasteiger partial charge on any atom is -0.449 e. The van der Waals surface area contributed by atoms with Crippen molar-refractivity contribution < 1.29 is 18.0 Å². The second kappa shape index (κ2) is 7.09. The lowest BCUT2D eigenvalue weighted by Gasteiger charge is -2.36. The molecule has 5 rings (SSSR count). The second-order valence-electron chi connectivity index (χ2n) is 7.70.